The highest BCUT2D eigenvalue weighted by Crippen LogP contribution is 2.34. The zero-order valence-electron chi connectivity index (χ0n) is 91.3. The van der Waals surface area contributed by atoms with Crippen LogP contribution in [0.15, 0.2) is 194 Å². The van der Waals surface area contributed by atoms with Crippen LogP contribution in [-0.4, -0.2) is 280 Å². The molecule has 0 aromatic heterocycles. The summed E-state index contributed by atoms with van der Waals surface area (Å²) in [6.45, 7) is 46.3. The van der Waals surface area contributed by atoms with Gasteiger partial charge in [0.1, 0.15) is 44.8 Å². The fraction of sp³-hybridized carbons (Fsp3) is 0.525. The Bertz CT molecular complexity index is 5040. The number of carbonyl (C=O) groups excluding carboxylic acids is 8. The van der Waals surface area contributed by atoms with Crippen molar-refractivity contribution in [2.45, 2.75) is 297 Å². The third kappa shape index (κ3) is 40.1. The number of nitrogens with one attached hydrogen (secondary N) is 4. The van der Waals surface area contributed by atoms with Crippen molar-refractivity contribution in [3.8, 4) is 0 Å². The molecule has 0 radical (unpaired) electrons. The summed E-state index contributed by atoms with van der Waals surface area (Å²) < 4.78 is 54.9. The Kier molecular flexibility index (Phi) is 47.4. The van der Waals surface area contributed by atoms with E-state index in [1.54, 1.807) is 97.1 Å². The summed E-state index contributed by atoms with van der Waals surface area (Å²) in [5, 5.41) is 96.9. The first kappa shape index (κ1) is 125. The molecule has 0 aliphatic heterocycles. The molecule has 14 N–H and O–H groups in total. The minimum atomic E-state index is -1.53. The van der Waals surface area contributed by atoms with Crippen molar-refractivity contribution in [2.24, 2.45) is 11.1 Å². The molecular formula is C118H165N5O25. The quantitative estimate of drug-likeness (QED) is 0.0124. The number of ketones is 8. The van der Waals surface area contributed by atoms with Crippen LogP contribution in [0.1, 0.15) is 331 Å². The second-order valence-corrected chi connectivity index (χ2v) is 43.7. The van der Waals surface area contributed by atoms with E-state index in [1.807, 2.05) is 152 Å². The summed E-state index contributed by atoms with van der Waals surface area (Å²) in [5.41, 5.74) is 3.32. The van der Waals surface area contributed by atoms with E-state index < -0.39 is 73.4 Å². The number of hydrogen-bond acceptors (Lipinski definition) is 30. The maximum Gasteiger partial charge on any atom is 0.193 e. The highest BCUT2D eigenvalue weighted by atomic mass is 16.6. The molecule has 9 atom stereocenters. The fourth-order valence-corrected chi connectivity index (χ4v) is 16.0. The summed E-state index contributed by atoms with van der Waals surface area (Å²) in [7, 11) is 0. The average Bonchev–Trinajstić information content (AvgIpc) is 0.815. The van der Waals surface area contributed by atoms with Crippen LogP contribution in [0.4, 0.5) is 0 Å². The third-order valence-electron chi connectivity index (χ3n) is 24.7. The van der Waals surface area contributed by atoms with E-state index >= 15 is 0 Å². The molecule has 0 spiro atoms. The Labute approximate surface area is 875 Å². The molecule has 8 aromatic rings. The largest absolute Gasteiger partial charge is 0.382 e. The molecule has 0 saturated carbocycles. The number of ether oxygens (including phenoxy) is 9. The van der Waals surface area contributed by atoms with E-state index in [-0.39, 0.29) is 95.8 Å². The van der Waals surface area contributed by atoms with Crippen molar-refractivity contribution < 1.29 is 122 Å². The van der Waals surface area contributed by atoms with Gasteiger partial charge in [0.2, 0.25) is 0 Å². The Morgan fingerprint density at radius 2 is 0.392 bits per heavy atom. The zero-order chi connectivity index (χ0) is 110. The van der Waals surface area contributed by atoms with Crippen LogP contribution in [0.3, 0.4) is 0 Å². The maximum atomic E-state index is 12.9. The molecule has 0 aliphatic rings. The minimum absolute atomic E-state index is 0.127. The Morgan fingerprint density at radius 1 is 0.236 bits per heavy atom. The van der Waals surface area contributed by atoms with Gasteiger partial charge in [-0.25, -0.2) is 0 Å². The van der Waals surface area contributed by atoms with Crippen LogP contribution < -0.4 is 27.0 Å². The van der Waals surface area contributed by atoms with E-state index in [4.69, 9.17) is 48.4 Å². The Hall–Kier alpha value is -9.76. The third-order valence-corrected chi connectivity index (χ3v) is 24.7. The Balaban J connectivity index is 0.000000401. The van der Waals surface area contributed by atoms with Crippen LogP contribution in [0.5, 0.6) is 0 Å². The van der Waals surface area contributed by atoms with Gasteiger partial charge in [-0.15, -0.1) is 0 Å². The number of aliphatic hydroxyl groups is 8. The monoisotopic (exact) mass is 2050 g/mol. The molecule has 0 aliphatic carbocycles. The second kappa shape index (κ2) is 56.0. The van der Waals surface area contributed by atoms with E-state index in [0.717, 1.165) is 44.5 Å². The van der Waals surface area contributed by atoms with Crippen LogP contribution >= 0.6 is 0 Å². The number of carbonyl (C=O) groups is 8. The summed E-state index contributed by atoms with van der Waals surface area (Å²) in [5.74, 6) is -3.12. The van der Waals surface area contributed by atoms with Gasteiger partial charge >= 0.3 is 0 Å². The van der Waals surface area contributed by atoms with Crippen molar-refractivity contribution in [2.75, 3.05) is 99.1 Å². The zero-order valence-corrected chi connectivity index (χ0v) is 91.3. The molecule has 9 unspecified atom stereocenters. The predicted molar refractivity (Wildman–Crippen MR) is 572 cm³/mol. The van der Waals surface area contributed by atoms with E-state index in [2.05, 4.69) is 28.2 Å². The van der Waals surface area contributed by atoms with Crippen LogP contribution in [0, 0.1) is 5.41 Å². The lowest BCUT2D eigenvalue weighted by Crippen LogP contribution is -2.41. The van der Waals surface area contributed by atoms with Crippen LogP contribution in [-0.2, 0) is 42.6 Å². The molecule has 30 nitrogen and oxygen atoms in total. The van der Waals surface area contributed by atoms with Gasteiger partial charge in [0.15, 0.2) is 46.3 Å². The lowest BCUT2D eigenvalue weighted by atomic mass is 9.88. The molecule has 0 fully saturated rings. The first-order chi connectivity index (χ1) is 68.9. The molecule has 812 valence electrons. The molecule has 8 aromatic carbocycles. The predicted octanol–water partition coefficient (Wildman–Crippen LogP) is 14.7. The standard InChI is InChI=1S/C60H85N3O12.C58H80N2O13/c1-14-60(35-72-31-38(2)61,36-73-32-39(3)62-50(42-15-23-46(24-16-42)52(64)56(6,7)68)43-17-25-47(26-18-43)53(65)57(8,9)69)37-74-34-41(5)75-33-40(4)63-51(44-19-27-48(28-20-44)54(66)58(10,11)70)45-21-29-49(30-22-45)55(67)59(12,13)71;1-37(59-49(41-13-21-45(22-14-41)51(61)55(5,6)65)42-15-23-46(24-16-42)52(62)56(7,8)66)33-72-39(3)35-70-31-29-69-30-32-71-36-40(4)73-34-38(2)60-50(43-17-25-47(26-18-43)53(63)57(9,10)67)44-19-27-48(28-20-44)54(64)58(11,12)68/h15-30,38-41,50-51,62-63,68-71H,14,31-37,61H2,1-13H3;13-28,37-40,49-50,59-60,65-68H,29-36H2,1-12H3. The molecule has 0 saturated heterocycles. The average molecular weight is 2050 g/mol. The molecule has 0 amide bonds. The molecular weight excluding hydrogens is 1890 g/mol. The van der Waals surface area contributed by atoms with Gasteiger partial charge in [0.05, 0.1) is 142 Å². The van der Waals surface area contributed by atoms with E-state index in [1.165, 1.54) is 111 Å². The molecule has 30 heteroatoms. The number of rotatable bonds is 64. The van der Waals surface area contributed by atoms with Crippen molar-refractivity contribution in [1.29, 1.82) is 0 Å². The van der Waals surface area contributed by atoms with Gasteiger partial charge in [-0.3, -0.25) is 38.4 Å². The highest BCUT2D eigenvalue weighted by molar-refractivity contribution is 6.06. The number of nitrogens with two attached hydrogens (primary N) is 1. The maximum absolute atomic E-state index is 12.9. The molecule has 8 rings (SSSR count). The SMILES string of the molecule is CC(COC(C)COCCOCCOCC(C)OCC(C)NC(c1ccc(C(=O)C(C)(C)O)cc1)c1ccc(C(=O)C(C)(C)O)cc1)NC(c1ccc(C(=O)C(C)(C)O)cc1)c1ccc(C(=O)C(C)(C)O)cc1.CCC(COCC(C)N)(COCC(C)NC(c1ccc(C(=O)C(C)(C)O)cc1)c1ccc(C(=O)C(C)(C)O)cc1)COCC(C)OCC(C)NC(c1ccc(C(=O)C(C)(C)O)cc1)c1ccc(C(=O)C(C)(C)O)cc1. The van der Waals surface area contributed by atoms with Gasteiger partial charge in [0, 0.05) is 80.1 Å². The van der Waals surface area contributed by atoms with Gasteiger partial charge in [-0.1, -0.05) is 201 Å². The second-order valence-electron chi connectivity index (χ2n) is 43.7. The Morgan fingerprint density at radius 3 is 0.561 bits per heavy atom. The number of Topliss-reactive ketones (excluding diaryl/α,β-unsaturated/α-hetero) is 8. The lowest BCUT2D eigenvalue weighted by Gasteiger charge is -2.33. The smallest absolute Gasteiger partial charge is 0.193 e. The lowest BCUT2D eigenvalue weighted by molar-refractivity contribution is -0.0920. The summed E-state index contributed by atoms with van der Waals surface area (Å²) in [6, 6.07) is 54.3. The fourth-order valence-electron chi connectivity index (χ4n) is 16.0. The van der Waals surface area contributed by atoms with E-state index in [9.17, 15) is 79.2 Å². The van der Waals surface area contributed by atoms with Crippen LogP contribution in [0.2, 0.25) is 0 Å². The van der Waals surface area contributed by atoms with Gasteiger partial charge in [-0.2, -0.15) is 0 Å². The first-order valence-corrected chi connectivity index (χ1v) is 51.0. The van der Waals surface area contributed by atoms with Gasteiger partial charge in [0.25, 0.3) is 0 Å². The van der Waals surface area contributed by atoms with Gasteiger partial charge in [-0.05, 0) is 217 Å². The molecule has 0 bridgehead atoms. The van der Waals surface area contributed by atoms with Crippen molar-refractivity contribution in [3.05, 3.63) is 283 Å². The highest BCUT2D eigenvalue weighted by Gasteiger charge is 2.37. The van der Waals surface area contributed by atoms with Crippen molar-refractivity contribution in [3.63, 3.8) is 0 Å². The minimum Gasteiger partial charge on any atom is -0.382 e. The summed E-state index contributed by atoms with van der Waals surface area (Å²) >= 11 is 0. The summed E-state index contributed by atoms with van der Waals surface area (Å²) in [6.07, 6.45) is -0.0246. The van der Waals surface area contributed by atoms with Gasteiger partial charge < -0.3 is 110 Å². The molecule has 148 heavy (non-hydrogen) atoms. The first-order valence-electron chi connectivity index (χ1n) is 51.0. The molecule has 0 heterocycles. The summed E-state index contributed by atoms with van der Waals surface area (Å²) in [4.78, 5) is 102. The topological polar surface area (TPSA) is 456 Å². The van der Waals surface area contributed by atoms with E-state index in [0.29, 0.717) is 150 Å². The number of hydrogen-bond donors (Lipinski definition) is 13. The normalized spacial score (nSPS) is 14.7. The number of benzene rings is 8. The van der Waals surface area contributed by atoms with Crippen molar-refractivity contribution in [1.82, 2.24) is 21.3 Å². The van der Waals surface area contributed by atoms with Crippen molar-refractivity contribution >= 4 is 46.3 Å². The van der Waals surface area contributed by atoms with Crippen LogP contribution in [0.25, 0.3) is 0 Å².